The Balaban J connectivity index is 1.08. The van der Waals surface area contributed by atoms with E-state index in [1.807, 2.05) is 60.7 Å². The Labute approximate surface area is 270 Å². The van der Waals surface area contributed by atoms with E-state index in [4.69, 9.17) is 19.5 Å². The highest BCUT2D eigenvalue weighted by Gasteiger charge is 2.66. The van der Waals surface area contributed by atoms with Crippen LogP contribution in [0.3, 0.4) is 0 Å². The van der Waals surface area contributed by atoms with Gasteiger partial charge >= 0.3 is 5.97 Å². The van der Waals surface area contributed by atoms with Gasteiger partial charge in [0.15, 0.2) is 0 Å². The zero-order chi connectivity index (χ0) is 31.3. The maximum Gasteiger partial charge on any atom is 0.352 e. The van der Waals surface area contributed by atoms with Crippen LogP contribution in [0, 0.1) is 0 Å². The van der Waals surface area contributed by atoms with E-state index in [1.54, 1.807) is 23.1 Å². The predicted octanol–water partition coefficient (Wildman–Crippen LogP) is 4.67. The normalized spacial score (nSPS) is 22.8. The molecule has 45 heavy (non-hydrogen) atoms. The molecule has 7 rings (SSSR count). The molecule has 3 aliphatic rings. The number of benzene rings is 3. The zero-order valence-corrected chi connectivity index (χ0v) is 26.8. The number of methoxy groups -OCH3 is 1. The van der Waals surface area contributed by atoms with Crippen molar-refractivity contribution in [3.63, 3.8) is 0 Å². The Hall–Kier alpha value is -3.91. The van der Waals surface area contributed by atoms with Gasteiger partial charge in [-0.3, -0.25) is 19.5 Å². The van der Waals surface area contributed by atoms with E-state index in [2.05, 4.69) is 12.2 Å². The third-order valence-electron chi connectivity index (χ3n) is 7.90. The van der Waals surface area contributed by atoms with Crippen LogP contribution in [0.4, 0.5) is 0 Å². The van der Waals surface area contributed by atoms with Crippen LogP contribution in [0.15, 0.2) is 76.9 Å². The summed E-state index contributed by atoms with van der Waals surface area (Å²) in [5, 5.41) is 16.1. The molecule has 0 spiro atoms. The van der Waals surface area contributed by atoms with Gasteiger partial charge in [0.2, 0.25) is 5.91 Å². The van der Waals surface area contributed by atoms with Gasteiger partial charge in [0.1, 0.15) is 33.5 Å². The smallest absolute Gasteiger partial charge is 0.352 e. The Kier molecular flexibility index (Phi) is 7.80. The number of hydrogen-bond acceptors (Lipinski definition) is 10. The van der Waals surface area contributed by atoms with Crippen LogP contribution in [-0.4, -0.2) is 80.2 Å². The molecule has 0 saturated carbocycles. The Morgan fingerprint density at radius 1 is 1.16 bits per heavy atom. The predicted molar refractivity (Wildman–Crippen MR) is 177 cm³/mol. The second kappa shape index (κ2) is 11.8. The van der Waals surface area contributed by atoms with Crippen molar-refractivity contribution in [1.82, 2.24) is 15.2 Å². The van der Waals surface area contributed by atoms with Crippen molar-refractivity contribution in [3.8, 4) is 5.75 Å². The largest absolute Gasteiger partial charge is 0.489 e. The molecule has 3 atom stereocenters. The van der Waals surface area contributed by atoms with Crippen LogP contribution >= 0.6 is 34.9 Å². The monoisotopic (exact) mass is 660 g/mol. The lowest BCUT2D eigenvalue weighted by Gasteiger charge is -2.55. The number of carbonyl (C=O) groups excluding carboxylic acids is 2. The molecule has 2 N–H and O–H groups in total. The summed E-state index contributed by atoms with van der Waals surface area (Å²) in [7, 11) is 1.34. The number of aliphatic imine (C=N–C) groups is 1. The number of nitrogens with zero attached hydrogens (tertiary/aromatic N) is 3. The summed E-state index contributed by atoms with van der Waals surface area (Å²) in [4.78, 5) is 49.4. The van der Waals surface area contributed by atoms with Crippen molar-refractivity contribution >= 4 is 78.7 Å². The minimum atomic E-state index is -1.65. The number of carbonyl (C=O) groups is 3. The van der Waals surface area contributed by atoms with E-state index in [-0.39, 0.29) is 24.5 Å². The molecule has 0 aliphatic carbocycles. The number of aliphatic carboxylic acids is 1. The molecule has 0 bridgehead atoms. The average molecular weight is 661 g/mol. The van der Waals surface area contributed by atoms with Gasteiger partial charge in [-0.2, -0.15) is 0 Å². The Bertz CT molecular complexity index is 1930. The van der Waals surface area contributed by atoms with Gasteiger partial charge in [0.05, 0.1) is 22.7 Å². The number of aromatic nitrogens is 1. The Morgan fingerprint density at radius 3 is 2.71 bits per heavy atom. The summed E-state index contributed by atoms with van der Waals surface area (Å²) in [5.41, 5.74) is 0.381. The first-order chi connectivity index (χ1) is 21.8. The van der Waals surface area contributed by atoms with Crippen molar-refractivity contribution in [2.75, 3.05) is 25.2 Å². The summed E-state index contributed by atoms with van der Waals surface area (Å²) >= 11 is 4.69. The number of amides is 2. The summed E-state index contributed by atoms with van der Waals surface area (Å²) in [6.45, 7) is 2.09. The van der Waals surface area contributed by atoms with Crippen LogP contribution in [0.5, 0.6) is 5.75 Å². The number of nitrogens with one attached hydrogen (secondary N) is 1. The maximum atomic E-state index is 13.4. The first-order valence-corrected chi connectivity index (χ1v) is 17.1. The SMILES string of the molecule is CO[C@@]1(NC(=O)Cc2ccccc2)C(=O)N2C(C(=O)O)=C(COc3ccc4c(ccc5nc(C6=NC(C)CS6)sc54)c3)CSC21. The lowest BCUT2D eigenvalue weighted by atomic mass is 9.97. The maximum absolute atomic E-state index is 13.4. The van der Waals surface area contributed by atoms with Crippen LogP contribution in [0.2, 0.25) is 0 Å². The van der Waals surface area contributed by atoms with E-state index in [9.17, 15) is 19.5 Å². The highest BCUT2D eigenvalue weighted by Crippen LogP contribution is 2.47. The fourth-order valence-corrected chi connectivity index (χ4v) is 9.33. The van der Waals surface area contributed by atoms with E-state index < -0.39 is 28.9 Å². The molecule has 1 aromatic heterocycles. The van der Waals surface area contributed by atoms with Gasteiger partial charge in [-0.15, -0.1) is 34.9 Å². The average Bonchev–Trinajstić information content (AvgIpc) is 3.68. The Morgan fingerprint density at radius 2 is 1.98 bits per heavy atom. The number of fused-ring (bicyclic) bond motifs is 4. The lowest BCUT2D eigenvalue weighted by molar-refractivity contribution is -0.192. The third-order valence-corrected chi connectivity index (χ3v) is 11.7. The molecule has 2 amide bonds. The van der Waals surface area contributed by atoms with Crippen LogP contribution < -0.4 is 10.1 Å². The standard InChI is InChI=1S/C32H28N4O6S3/c1-17-15-43-27(33-17)28-34-23-11-8-19-13-21(9-10-22(19)26(23)45-28)42-14-20-16-44-31-32(41-2,30(40)36(31)25(20)29(38)39)35-24(37)12-18-6-4-3-5-7-18/h3-11,13,17,31H,12,14-16H2,1-2H3,(H,35,37)(H,38,39)/t17?,31?,32-/m0/s1. The molecule has 230 valence electrons. The molecular weight excluding hydrogens is 633 g/mol. The van der Waals surface area contributed by atoms with E-state index >= 15 is 0 Å². The number of thiazole rings is 1. The summed E-state index contributed by atoms with van der Waals surface area (Å²) < 4.78 is 12.7. The van der Waals surface area contributed by atoms with E-state index in [0.29, 0.717) is 17.4 Å². The van der Waals surface area contributed by atoms with E-state index in [0.717, 1.165) is 42.4 Å². The number of hydrogen-bond donors (Lipinski definition) is 2. The molecule has 2 unspecified atom stereocenters. The quantitative estimate of drug-likeness (QED) is 0.194. The van der Waals surface area contributed by atoms with Crippen LogP contribution in [0.1, 0.15) is 17.5 Å². The van der Waals surface area contributed by atoms with Gasteiger partial charge in [-0.1, -0.05) is 36.4 Å². The van der Waals surface area contributed by atoms with Gasteiger partial charge in [-0.25, -0.2) is 9.78 Å². The van der Waals surface area contributed by atoms with Crippen LogP contribution in [0.25, 0.3) is 21.0 Å². The van der Waals surface area contributed by atoms with Gasteiger partial charge < -0.3 is 19.9 Å². The first-order valence-electron chi connectivity index (χ1n) is 14.2. The topological polar surface area (TPSA) is 130 Å². The molecule has 3 aliphatic heterocycles. The molecule has 0 radical (unpaired) electrons. The van der Waals surface area contributed by atoms with Crippen molar-refractivity contribution in [3.05, 3.63) is 82.5 Å². The van der Waals surface area contributed by atoms with Crippen LogP contribution in [-0.2, 0) is 25.5 Å². The van der Waals surface area contributed by atoms with Gasteiger partial charge in [0.25, 0.3) is 11.6 Å². The zero-order valence-electron chi connectivity index (χ0n) is 24.3. The molecule has 3 aromatic carbocycles. The highest BCUT2D eigenvalue weighted by molar-refractivity contribution is 8.15. The summed E-state index contributed by atoms with van der Waals surface area (Å²) in [5.74, 6) is -0.433. The third kappa shape index (κ3) is 5.27. The summed E-state index contributed by atoms with van der Waals surface area (Å²) in [6, 6.07) is 19.2. The fourth-order valence-electron chi connectivity index (χ4n) is 5.72. The van der Waals surface area contributed by atoms with Crippen molar-refractivity contribution < 1.29 is 29.0 Å². The molecule has 1 saturated heterocycles. The van der Waals surface area contributed by atoms with Crippen molar-refractivity contribution in [2.45, 2.75) is 30.5 Å². The minimum Gasteiger partial charge on any atom is -0.489 e. The number of carboxylic acids is 1. The summed E-state index contributed by atoms with van der Waals surface area (Å²) in [6.07, 6.45) is 0.0619. The van der Waals surface area contributed by atoms with Crippen molar-refractivity contribution in [2.24, 2.45) is 4.99 Å². The van der Waals surface area contributed by atoms with Gasteiger partial charge in [0, 0.05) is 29.6 Å². The first kappa shape index (κ1) is 29.8. The molecular formula is C32H28N4O6S3. The van der Waals surface area contributed by atoms with Crippen molar-refractivity contribution in [1.29, 1.82) is 0 Å². The molecule has 1 fully saturated rings. The second-order valence-electron chi connectivity index (χ2n) is 10.9. The van der Waals surface area contributed by atoms with E-state index in [1.165, 1.54) is 23.8 Å². The minimum absolute atomic E-state index is 0.0147. The lowest BCUT2D eigenvalue weighted by Crippen LogP contribution is -2.80. The van der Waals surface area contributed by atoms with Gasteiger partial charge in [-0.05, 0) is 42.1 Å². The highest BCUT2D eigenvalue weighted by atomic mass is 32.2. The molecule has 4 heterocycles. The molecule has 13 heteroatoms. The second-order valence-corrected chi connectivity index (χ2v) is 14.0. The number of thioether (sulfide) groups is 2. The number of carboxylic acid groups (broad SMARTS) is 1. The number of ether oxygens (including phenoxy) is 2. The number of β-lactam (4-membered cyclic amide) rings is 1. The fraction of sp³-hybridized carbons (Fsp3) is 0.281. The number of rotatable bonds is 9. The molecule has 10 nitrogen and oxygen atoms in total. The molecule has 4 aromatic rings.